The van der Waals surface area contributed by atoms with Crippen LogP contribution in [0.5, 0.6) is 0 Å². The Morgan fingerprint density at radius 2 is 1.08 bits per heavy atom. The molecule has 148 valence electrons. The number of nitrogens with one attached hydrogen (secondary N) is 2. The van der Waals surface area contributed by atoms with E-state index in [2.05, 4.69) is 20.4 Å². The SMILES string of the molecule is C[C@H](C(=O)NC1CC1)N1CCN([C@@H](C)C(=O)NC2CCCCCC2)CC1. The Morgan fingerprint density at radius 1 is 0.692 bits per heavy atom. The minimum Gasteiger partial charge on any atom is -0.352 e. The van der Waals surface area contributed by atoms with Crippen molar-refractivity contribution in [1.82, 2.24) is 20.4 Å². The number of hydrogen-bond acceptors (Lipinski definition) is 4. The maximum atomic E-state index is 12.6. The summed E-state index contributed by atoms with van der Waals surface area (Å²) >= 11 is 0. The van der Waals surface area contributed by atoms with E-state index in [0.29, 0.717) is 12.1 Å². The van der Waals surface area contributed by atoms with Gasteiger partial charge < -0.3 is 10.6 Å². The fraction of sp³-hybridized carbons (Fsp3) is 0.900. The Morgan fingerprint density at radius 3 is 1.46 bits per heavy atom. The molecule has 26 heavy (non-hydrogen) atoms. The van der Waals surface area contributed by atoms with E-state index in [1.54, 1.807) is 0 Å². The van der Waals surface area contributed by atoms with Crippen LogP contribution in [0.25, 0.3) is 0 Å². The van der Waals surface area contributed by atoms with Gasteiger partial charge in [-0.2, -0.15) is 0 Å². The second kappa shape index (κ2) is 9.18. The van der Waals surface area contributed by atoms with Crippen molar-refractivity contribution in [2.45, 2.75) is 89.4 Å². The van der Waals surface area contributed by atoms with Crippen LogP contribution >= 0.6 is 0 Å². The predicted molar refractivity (Wildman–Crippen MR) is 103 cm³/mol. The van der Waals surface area contributed by atoms with Gasteiger partial charge in [0.05, 0.1) is 12.1 Å². The van der Waals surface area contributed by atoms with Gasteiger partial charge in [0, 0.05) is 38.3 Å². The van der Waals surface area contributed by atoms with Gasteiger partial charge in [0.2, 0.25) is 11.8 Å². The van der Waals surface area contributed by atoms with E-state index in [1.807, 2.05) is 13.8 Å². The van der Waals surface area contributed by atoms with Crippen LogP contribution in [0.2, 0.25) is 0 Å². The molecule has 0 aromatic carbocycles. The third kappa shape index (κ3) is 5.43. The highest BCUT2D eigenvalue weighted by Crippen LogP contribution is 2.20. The molecule has 3 aliphatic rings. The summed E-state index contributed by atoms with van der Waals surface area (Å²) in [4.78, 5) is 29.4. The van der Waals surface area contributed by atoms with E-state index in [4.69, 9.17) is 0 Å². The van der Waals surface area contributed by atoms with Crippen molar-refractivity contribution >= 4 is 11.8 Å². The Labute approximate surface area is 158 Å². The van der Waals surface area contributed by atoms with Crippen molar-refractivity contribution in [3.8, 4) is 0 Å². The molecule has 0 spiro atoms. The van der Waals surface area contributed by atoms with Crippen LogP contribution in [0.1, 0.15) is 65.2 Å². The Balaban J connectivity index is 1.41. The molecule has 2 aliphatic carbocycles. The van der Waals surface area contributed by atoms with Gasteiger partial charge in [0.1, 0.15) is 0 Å². The molecule has 0 unspecified atom stereocenters. The summed E-state index contributed by atoms with van der Waals surface area (Å²) in [5.41, 5.74) is 0. The predicted octanol–water partition coefficient (Wildman–Crippen LogP) is 1.50. The van der Waals surface area contributed by atoms with E-state index in [-0.39, 0.29) is 23.9 Å². The third-order valence-electron chi connectivity index (χ3n) is 6.33. The second-order valence-electron chi connectivity index (χ2n) is 8.40. The van der Waals surface area contributed by atoms with Gasteiger partial charge in [0.25, 0.3) is 0 Å². The molecule has 3 fully saturated rings. The minimum atomic E-state index is -0.0870. The summed E-state index contributed by atoms with van der Waals surface area (Å²) < 4.78 is 0. The third-order valence-corrected chi connectivity index (χ3v) is 6.33. The quantitative estimate of drug-likeness (QED) is 0.701. The molecule has 1 aliphatic heterocycles. The molecule has 6 nitrogen and oxygen atoms in total. The van der Waals surface area contributed by atoms with Gasteiger partial charge in [0.15, 0.2) is 0 Å². The summed E-state index contributed by atoms with van der Waals surface area (Å²) in [6, 6.07) is 0.614. The fourth-order valence-electron chi connectivity index (χ4n) is 4.14. The first-order valence-corrected chi connectivity index (χ1v) is 10.6. The molecule has 2 atom stereocenters. The average Bonchev–Trinajstić information content (AvgIpc) is 3.48. The van der Waals surface area contributed by atoms with Crippen LogP contribution in [0, 0.1) is 0 Å². The van der Waals surface area contributed by atoms with Gasteiger partial charge in [-0.15, -0.1) is 0 Å². The Hall–Kier alpha value is -1.14. The number of carbonyl (C=O) groups excluding carboxylic acids is 2. The highest BCUT2D eigenvalue weighted by molar-refractivity contribution is 5.82. The summed E-state index contributed by atoms with van der Waals surface area (Å²) in [6.45, 7) is 7.40. The van der Waals surface area contributed by atoms with Crippen molar-refractivity contribution in [2.24, 2.45) is 0 Å². The molecule has 0 aromatic heterocycles. The van der Waals surface area contributed by atoms with E-state index >= 15 is 0 Å². The van der Waals surface area contributed by atoms with Crippen molar-refractivity contribution in [2.75, 3.05) is 26.2 Å². The molecule has 6 heteroatoms. The van der Waals surface area contributed by atoms with Crippen LogP contribution in [0.4, 0.5) is 0 Å². The molecular formula is C20H36N4O2. The number of amides is 2. The average molecular weight is 365 g/mol. The van der Waals surface area contributed by atoms with E-state index in [0.717, 1.165) is 51.9 Å². The van der Waals surface area contributed by atoms with Crippen molar-refractivity contribution in [1.29, 1.82) is 0 Å². The van der Waals surface area contributed by atoms with Crippen LogP contribution in [0.3, 0.4) is 0 Å². The van der Waals surface area contributed by atoms with Gasteiger partial charge in [-0.3, -0.25) is 19.4 Å². The lowest BCUT2D eigenvalue weighted by Gasteiger charge is -2.39. The van der Waals surface area contributed by atoms with Crippen molar-refractivity contribution in [3.63, 3.8) is 0 Å². The number of carbonyl (C=O) groups is 2. The highest BCUT2D eigenvalue weighted by atomic mass is 16.2. The van der Waals surface area contributed by atoms with Gasteiger partial charge in [-0.25, -0.2) is 0 Å². The molecular weight excluding hydrogens is 328 g/mol. The summed E-state index contributed by atoms with van der Waals surface area (Å²) in [6.07, 6.45) is 9.57. The zero-order valence-electron chi connectivity index (χ0n) is 16.5. The maximum absolute atomic E-state index is 12.6. The lowest BCUT2D eigenvalue weighted by atomic mass is 10.1. The lowest BCUT2D eigenvalue weighted by molar-refractivity contribution is -0.130. The monoisotopic (exact) mass is 364 g/mol. The fourth-order valence-corrected chi connectivity index (χ4v) is 4.14. The zero-order chi connectivity index (χ0) is 18.5. The lowest BCUT2D eigenvalue weighted by Crippen LogP contribution is -2.58. The van der Waals surface area contributed by atoms with Crippen molar-refractivity contribution < 1.29 is 9.59 Å². The van der Waals surface area contributed by atoms with E-state index in [1.165, 1.54) is 25.7 Å². The van der Waals surface area contributed by atoms with Crippen LogP contribution in [-0.2, 0) is 9.59 Å². The summed E-state index contributed by atoms with van der Waals surface area (Å²) in [5, 5.41) is 6.37. The number of hydrogen-bond donors (Lipinski definition) is 2. The number of rotatable bonds is 6. The summed E-state index contributed by atoms with van der Waals surface area (Å²) in [5.74, 6) is 0.324. The minimum absolute atomic E-state index is 0.0760. The molecule has 0 bridgehead atoms. The smallest absolute Gasteiger partial charge is 0.237 e. The second-order valence-corrected chi connectivity index (χ2v) is 8.40. The first-order valence-electron chi connectivity index (χ1n) is 10.6. The molecule has 1 heterocycles. The van der Waals surface area contributed by atoms with E-state index < -0.39 is 0 Å². The van der Waals surface area contributed by atoms with Gasteiger partial charge in [-0.1, -0.05) is 25.7 Å². The van der Waals surface area contributed by atoms with Crippen LogP contribution in [0.15, 0.2) is 0 Å². The number of nitrogens with zero attached hydrogens (tertiary/aromatic N) is 2. The molecule has 3 rings (SSSR count). The largest absolute Gasteiger partial charge is 0.352 e. The first-order chi connectivity index (χ1) is 12.5. The van der Waals surface area contributed by atoms with E-state index in [9.17, 15) is 9.59 Å². The molecule has 2 N–H and O–H groups in total. The van der Waals surface area contributed by atoms with Gasteiger partial charge >= 0.3 is 0 Å². The molecule has 1 saturated heterocycles. The molecule has 2 saturated carbocycles. The molecule has 0 aromatic rings. The summed E-state index contributed by atoms with van der Waals surface area (Å²) in [7, 11) is 0. The first kappa shape index (κ1) is 19.6. The Bertz CT molecular complexity index is 478. The van der Waals surface area contributed by atoms with Crippen LogP contribution in [-0.4, -0.2) is 72.0 Å². The zero-order valence-corrected chi connectivity index (χ0v) is 16.5. The maximum Gasteiger partial charge on any atom is 0.237 e. The topological polar surface area (TPSA) is 64.7 Å². The molecule has 2 amide bonds. The standard InChI is InChI=1S/C20H36N4O2/c1-15(19(25)21-17-7-5-3-4-6-8-17)23-11-13-24(14-12-23)16(2)20(26)22-18-9-10-18/h15-18H,3-14H2,1-2H3,(H,21,25)(H,22,26)/t15-,16+/m0/s1. The van der Waals surface area contributed by atoms with Crippen LogP contribution < -0.4 is 10.6 Å². The highest BCUT2D eigenvalue weighted by Gasteiger charge is 2.32. The van der Waals surface area contributed by atoms with Crippen molar-refractivity contribution in [3.05, 3.63) is 0 Å². The van der Waals surface area contributed by atoms with Gasteiger partial charge in [-0.05, 0) is 39.5 Å². The normalized spacial score (nSPS) is 25.9. The molecule has 0 radical (unpaired) electrons. The number of piperazine rings is 1. The Kier molecular flexibility index (Phi) is 6.92.